The number of nitrogens with zero attached hydrogens (tertiary/aromatic N) is 1. The topological polar surface area (TPSA) is 49.4 Å². The molecule has 2 amide bonds. The molecule has 1 N–H and O–H groups in total. The fourth-order valence-electron chi connectivity index (χ4n) is 3.70. The number of carbonyl (C=O) groups is 2. The van der Waals surface area contributed by atoms with E-state index in [-0.39, 0.29) is 23.8 Å². The van der Waals surface area contributed by atoms with Crippen LogP contribution in [0.2, 0.25) is 5.02 Å². The molecule has 2 aromatic carbocycles. The van der Waals surface area contributed by atoms with E-state index in [0.717, 1.165) is 5.56 Å². The fraction of sp³-hybridized carbons (Fsp3) is 0.417. The average Bonchev–Trinajstić information content (AvgIpc) is 2.74. The number of likely N-dealkylation sites (tertiary alicyclic amines) is 1. The lowest BCUT2D eigenvalue weighted by atomic mass is 9.94. The standard InChI is InChI=1S/C24H29ClN2O2/c1-16(2)18-4-6-19(7-5-18)17(3)26-23(28)20-12-14-27(15-13-20)24(29)21-8-10-22(25)11-9-21/h4-11,16-17,20H,12-15H2,1-3H3,(H,26,28). The lowest BCUT2D eigenvalue weighted by Crippen LogP contribution is -2.43. The van der Waals surface area contributed by atoms with E-state index < -0.39 is 0 Å². The number of hydrogen-bond acceptors (Lipinski definition) is 2. The molecule has 1 saturated heterocycles. The van der Waals surface area contributed by atoms with Gasteiger partial charge in [0, 0.05) is 29.6 Å². The van der Waals surface area contributed by atoms with Crippen molar-refractivity contribution in [2.24, 2.45) is 5.92 Å². The highest BCUT2D eigenvalue weighted by atomic mass is 35.5. The van der Waals surface area contributed by atoms with Crippen molar-refractivity contribution in [2.45, 2.75) is 45.6 Å². The van der Waals surface area contributed by atoms with Gasteiger partial charge in [-0.2, -0.15) is 0 Å². The van der Waals surface area contributed by atoms with Crippen LogP contribution in [0.3, 0.4) is 0 Å². The molecule has 4 nitrogen and oxygen atoms in total. The van der Waals surface area contributed by atoms with Crippen LogP contribution in [0.1, 0.15) is 67.1 Å². The van der Waals surface area contributed by atoms with Gasteiger partial charge < -0.3 is 10.2 Å². The first-order chi connectivity index (χ1) is 13.8. The Bertz CT molecular complexity index is 838. The van der Waals surface area contributed by atoms with Crippen LogP contribution in [0.15, 0.2) is 48.5 Å². The Morgan fingerprint density at radius 3 is 2.03 bits per heavy atom. The molecule has 1 fully saturated rings. The second-order valence-electron chi connectivity index (χ2n) is 8.13. The molecule has 1 aliphatic heterocycles. The van der Waals surface area contributed by atoms with Crippen LogP contribution in [0.4, 0.5) is 0 Å². The monoisotopic (exact) mass is 412 g/mol. The number of benzene rings is 2. The molecule has 0 radical (unpaired) electrons. The van der Waals surface area contributed by atoms with Gasteiger partial charge in [0.15, 0.2) is 0 Å². The minimum absolute atomic E-state index is 0.000801. The van der Waals surface area contributed by atoms with Crippen molar-refractivity contribution >= 4 is 23.4 Å². The molecule has 0 aliphatic carbocycles. The zero-order valence-corrected chi connectivity index (χ0v) is 18.1. The number of nitrogens with one attached hydrogen (secondary N) is 1. The molecule has 3 rings (SSSR count). The normalized spacial score (nSPS) is 16.0. The number of rotatable bonds is 5. The highest BCUT2D eigenvalue weighted by Crippen LogP contribution is 2.23. The molecule has 0 aromatic heterocycles. The minimum atomic E-state index is -0.0540. The lowest BCUT2D eigenvalue weighted by molar-refractivity contribution is -0.126. The summed E-state index contributed by atoms with van der Waals surface area (Å²) < 4.78 is 0. The molecule has 5 heteroatoms. The lowest BCUT2D eigenvalue weighted by Gasteiger charge is -2.32. The van der Waals surface area contributed by atoms with Crippen molar-refractivity contribution in [1.29, 1.82) is 0 Å². The predicted octanol–water partition coefficient (Wildman–Crippen LogP) is 5.19. The number of piperidine rings is 1. The van der Waals surface area contributed by atoms with Crippen molar-refractivity contribution in [2.75, 3.05) is 13.1 Å². The maximum Gasteiger partial charge on any atom is 0.253 e. The fourth-order valence-corrected chi connectivity index (χ4v) is 3.83. The Morgan fingerprint density at radius 2 is 1.48 bits per heavy atom. The summed E-state index contributed by atoms with van der Waals surface area (Å²) in [6.07, 6.45) is 1.37. The van der Waals surface area contributed by atoms with E-state index in [1.54, 1.807) is 24.3 Å². The smallest absolute Gasteiger partial charge is 0.253 e. The van der Waals surface area contributed by atoms with Crippen LogP contribution in [0.25, 0.3) is 0 Å². The van der Waals surface area contributed by atoms with E-state index in [4.69, 9.17) is 11.6 Å². The third-order valence-corrected chi connectivity index (χ3v) is 5.96. The third-order valence-electron chi connectivity index (χ3n) is 5.71. The summed E-state index contributed by atoms with van der Waals surface area (Å²) >= 11 is 5.89. The maximum absolute atomic E-state index is 12.7. The molecular formula is C24H29ClN2O2. The van der Waals surface area contributed by atoms with Gasteiger partial charge >= 0.3 is 0 Å². The Kier molecular flexibility index (Phi) is 6.96. The first-order valence-electron chi connectivity index (χ1n) is 10.3. The van der Waals surface area contributed by atoms with Gasteiger partial charge in [0.05, 0.1) is 6.04 Å². The molecule has 154 valence electrons. The molecule has 1 atom stereocenters. The summed E-state index contributed by atoms with van der Waals surface area (Å²) in [5.74, 6) is 0.513. The SMILES string of the molecule is CC(C)c1ccc(C(C)NC(=O)C2CCN(C(=O)c3ccc(Cl)cc3)CC2)cc1. The van der Waals surface area contributed by atoms with Crippen LogP contribution in [0, 0.1) is 5.92 Å². The predicted molar refractivity (Wildman–Crippen MR) is 117 cm³/mol. The van der Waals surface area contributed by atoms with Crippen LogP contribution in [0.5, 0.6) is 0 Å². The van der Waals surface area contributed by atoms with Gasteiger partial charge in [-0.05, 0) is 61.1 Å². The molecule has 1 aliphatic rings. The van der Waals surface area contributed by atoms with Gasteiger partial charge in [-0.3, -0.25) is 9.59 Å². The van der Waals surface area contributed by atoms with Gasteiger partial charge in [0.2, 0.25) is 5.91 Å². The molecule has 1 heterocycles. The first kappa shape index (κ1) is 21.4. The molecule has 0 bridgehead atoms. The summed E-state index contributed by atoms with van der Waals surface area (Å²) in [7, 11) is 0. The average molecular weight is 413 g/mol. The summed E-state index contributed by atoms with van der Waals surface area (Å²) in [5.41, 5.74) is 3.04. The highest BCUT2D eigenvalue weighted by Gasteiger charge is 2.28. The van der Waals surface area contributed by atoms with Gasteiger partial charge in [0.1, 0.15) is 0 Å². The second kappa shape index (κ2) is 9.45. The Hall–Kier alpha value is -2.33. The maximum atomic E-state index is 12.7. The zero-order valence-electron chi connectivity index (χ0n) is 17.3. The van der Waals surface area contributed by atoms with Gasteiger partial charge in [-0.25, -0.2) is 0 Å². The summed E-state index contributed by atoms with van der Waals surface area (Å²) in [4.78, 5) is 27.1. The van der Waals surface area contributed by atoms with Crippen molar-refractivity contribution in [3.63, 3.8) is 0 Å². The quantitative estimate of drug-likeness (QED) is 0.734. The molecule has 0 spiro atoms. The molecular weight excluding hydrogens is 384 g/mol. The highest BCUT2D eigenvalue weighted by molar-refractivity contribution is 6.30. The van der Waals surface area contributed by atoms with E-state index in [9.17, 15) is 9.59 Å². The number of halogens is 1. The van der Waals surface area contributed by atoms with Crippen LogP contribution < -0.4 is 5.32 Å². The zero-order chi connectivity index (χ0) is 21.0. The van der Waals surface area contributed by atoms with Gasteiger partial charge in [0.25, 0.3) is 5.91 Å². The van der Waals surface area contributed by atoms with Gasteiger partial charge in [-0.15, -0.1) is 0 Å². The van der Waals surface area contributed by atoms with E-state index in [1.165, 1.54) is 5.56 Å². The van der Waals surface area contributed by atoms with Crippen LogP contribution in [-0.4, -0.2) is 29.8 Å². The molecule has 2 aromatic rings. The summed E-state index contributed by atoms with van der Waals surface area (Å²) in [6.45, 7) is 7.55. The van der Waals surface area contributed by atoms with Crippen molar-refractivity contribution in [3.8, 4) is 0 Å². The van der Waals surface area contributed by atoms with Crippen LogP contribution >= 0.6 is 11.6 Å². The van der Waals surface area contributed by atoms with E-state index in [0.29, 0.717) is 42.4 Å². The van der Waals surface area contributed by atoms with Crippen molar-refractivity contribution in [3.05, 3.63) is 70.2 Å². The molecule has 0 saturated carbocycles. The minimum Gasteiger partial charge on any atom is -0.349 e. The van der Waals surface area contributed by atoms with Crippen LogP contribution in [-0.2, 0) is 4.79 Å². The molecule has 29 heavy (non-hydrogen) atoms. The Labute approximate surface area is 178 Å². The van der Waals surface area contributed by atoms with Crippen molar-refractivity contribution < 1.29 is 9.59 Å². The summed E-state index contributed by atoms with van der Waals surface area (Å²) in [6, 6.07) is 15.4. The third kappa shape index (κ3) is 5.39. The molecule has 1 unspecified atom stereocenters. The summed E-state index contributed by atoms with van der Waals surface area (Å²) in [5, 5.41) is 3.76. The number of carbonyl (C=O) groups excluding carboxylic acids is 2. The Morgan fingerprint density at radius 1 is 0.931 bits per heavy atom. The van der Waals surface area contributed by atoms with E-state index >= 15 is 0 Å². The first-order valence-corrected chi connectivity index (χ1v) is 10.7. The van der Waals surface area contributed by atoms with E-state index in [1.807, 2.05) is 11.8 Å². The van der Waals surface area contributed by atoms with Gasteiger partial charge in [-0.1, -0.05) is 49.7 Å². The van der Waals surface area contributed by atoms with Crippen molar-refractivity contribution in [1.82, 2.24) is 10.2 Å². The van der Waals surface area contributed by atoms with E-state index in [2.05, 4.69) is 43.4 Å². The number of amides is 2. The Balaban J connectivity index is 1.51. The number of hydrogen-bond donors (Lipinski definition) is 1. The largest absolute Gasteiger partial charge is 0.349 e. The second-order valence-corrected chi connectivity index (χ2v) is 8.56.